The number of halogens is 2. The van der Waals surface area contributed by atoms with E-state index in [9.17, 15) is 0 Å². The number of nitrogens with two attached hydrogens (primary N) is 1. The summed E-state index contributed by atoms with van der Waals surface area (Å²) in [5, 5.41) is 1.12. The first kappa shape index (κ1) is 15.7. The lowest BCUT2D eigenvalue weighted by atomic mass is 10.1. The molecule has 0 unspecified atom stereocenters. The van der Waals surface area contributed by atoms with E-state index in [2.05, 4.69) is 4.98 Å². The first-order valence-corrected chi connectivity index (χ1v) is 7.77. The Morgan fingerprint density at radius 3 is 2.30 bits per heavy atom. The molecule has 3 nitrogen and oxygen atoms in total. The Hall–Kier alpha value is -2.23. The average molecular weight is 345 g/mol. The molecule has 0 amide bonds. The molecule has 1 aromatic heterocycles. The summed E-state index contributed by atoms with van der Waals surface area (Å²) in [5.41, 5.74) is 8.60. The van der Waals surface area contributed by atoms with Crippen LogP contribution in [0, 0.1) is 0 Å². The van der Waals surface area contributed by atoms with Gasteiger partial charge in [-0.2, -0.15) is 0 Å². The monoisotopic (exact) mass is 344 g/mol. The van der Waals surface area contributed by atoms with Crippen LogP contribution in [-0.2, 0) is 6.61 Å². The van der Waals surface area contributed by atoms with E-state index in [1.807, 2.05) is 36.4 Å². The van der Waals surface area contributed by atoms with Crippen molar-refractivity contribution in [1.29, 1.82) is 0 Å². The van der Waals surface area contributed by atoms with Crippen molar-refractivity contribution in [2.45, 2.75) is 6.61 Å². The van der Waals surface area contributed by atoms with Crippen LogP contribution >= 0.6 is 23.2 Å². The highest BCUT2D eigenvalue weighted by Gasteiger charge is 2.10. The summed E-state index contributed by atoms with van der Waals surface area (Å²) in [6, 6.07) is 17.1. The topological polar surface area (TPSA) is 48.1 Å². The molecule has 0 aliphatic heterocycles. The third-order valence-electron chi connectivity index (χ3n) is 3.42. The largest absolute Gasteiger partial charge is 0.485 e. The van der Waals surface area contributed by atoms with Gasteiger partial charge in [0, 0.05) is 27.4 Å². The van der Waals surface area contributed by atoms with Gasteiger partial charge in [0.1, 0.15) is 6.61 Å². The molecule has 3 rings (SSSR count). The minimum atomic E-state index is 0.225. The number of benzene rings is 2. The summed E-state index contributed by atoms with van der Waals surface area (Å²) >= 11 is 12.3. The van der Waals surface area contributed by atoms with Crippen LogP contribution in [0.15, 0.2) is 60.8 Å². The van der Waals surface area contributed by atoms with Crippen LogP contribution in [0.25, 0.3) is 11.1 Å². The van der Waals surface area contributed by atoms with Gasteiger partial charge >= 0.3 is 0 Å². The summed E-state index contributed by atoms with van der Waals surface area (Å²) in [5.74, 6) is 0.829. The molecule has 5 heteroatoms. The summed E-state index contributed by atoms with van der Waals surface area (Å²) in [7, 11) is 0. The van der Waals surface area contributed by atoms with Crippen LogP contribution in [0.2, 0.25) is 10.0 Å². The number of pyridine rings is 1. The molecule has 2 aromatic carbocycles. The van der Waals surface area contributed by atoms with E-state index >= 15 is 0 Å². The molecular weight excluding hydrogens is 331 g/mol. The number of hydrogen-bond donors (Lipinski definition) is 1. The molecule has 3 aromatic rings. The van der Waals surface area contributed by atoms with E-state index in [-0.39, 0.29) is 6.61 Å². The number of hydrogen-bond acceptors (Lipinski definition) is 3. The SMILES string of the molecule is Nc1ncc(-c2ccccc2)cc1OCc1c(Cl)cccc1Cl. The second-order valence-electron chi connectivity index (χ2n) is 4.96. The number of nitrogens with zero attached hydrogens (tertiary/aromatic N) is 1. The van der Waals surface area contributed by atoms with Gasteiger partial charge in [0.05, 0.1) is 0 Å². The lowest BCUT2D eigenvalue weighted by Crippen LogP contribution is -2.02. The number of rotatable bonds is 4. The Balaban J connectivity index is 1.86. The quantitative estimate of drug-likeness (QED) is 0.705. The Bertz CT molecular complexity index is 802. The molecule has 0 bridgehead atoms. The van der Waals surface area contributed by atoms with Gasteiger partial charge in [-0.1, -0.05) is 59.6 Å². The molecule has 0 aliphatic carbocycles. The molecule has 0 spiro atoms. The first-order chi connectivity index (χ1) is 11.1. The van der Waals surface area contributed by atoms with Crippen LogP contribution < -0.4 is 10.5 Å². The van der Waals surface area contributed by atoms with Crippen molar-refractivity contribution in [3.63, 3.8) is 0 Å². The lowest BCUT2D eigenvalue weighted by Gasteiger charge is -2.12. The van der Waals surface area contributed by atoms with Gasteiger partial charge in [-0.15, -0.1) is 0 Å². The summed E-state index contributed by atoms with van der Waals surface area (Å²) in [4.78, 5) is 4.20. The zero-order valence-corrected chi connectivity index (χ0v) is 13.7. The fourth-order valence-electron chi connectivity index (χ4n) is 2.18. The van der Waals surface area contributed by atoms with Gasteiger partial charge in [0.2, 0.25) is 0 Å². The average Bonchev–Trinajstić information content (AvgIpc) is 2.57. The number of ether oxygens (including phenoxy) is 1. The van der Waals surface area contributed by atoms with Crippen molar-refractivity contribution < 1.29 is 4.74 Å². The molecule has 116 valence electrons. The molecule has 2 N–H and O–H groups in total. The lowest BCUT2D eigenvalue weighted by molar-refractivity contribution is 0.307. The van der Waals surface area contributed by atoms with E-state index in [1.165, 1.54) is 0 Å². The summed E-state index contributed by atoms with van der Waals surface area (Å²) < 4.78 is 5.79. The molecule has 1 heterocycles. The van der Waals surface area contributed by atoms with Crippen molar-refractivity contribution in [3.8, 4) is 16.9 Å². The first-order valence-electron chi connectivity index (χ1n) is 7.02. The van der Waals surface area contributed by atoms with Crippen LogP contribution in [0.5, 0.6) is 5.75 Å². The predicted octanol–water partition coefficient (Wildman–Crippen LogP) is 5.22. The third kappa shape index (κ3) is 3.58. The number of nitrogen functional groups attached to an aromatic ring is 1. The van der Waals surface area contributed by atoms with Crippen molar-refractivity contribution in [3.05, 3.63) is 76.4 Å². The van der Waals surface area contributed by atoms with E-state index in [4.69, 9.17) is 33.7 Å². The van der Waals surface area contributed by atoms with Crippen molar-refractivity contribution in [2.24, 2.45) is 0 Å². The minimum Gasteiger partial charge on any atom is -0.485 e. The van der Waals surface area contributed by atoms with E-state index in [1.54, 1.807) is 24.4 Å². The number of aromatic nitrogens is 1. The maximum atomic E-state index is 6.15. The maximum Gasteiger partial charge on any atom is 0.166 e. The van der Waals surface area contributed by atoms with E-state index in [0.29, 0.717) is 21.6 Å². The Morgan fingerprint density at radius 2 is 1.61 bits per heavy atom. The normalized spacial score (nSPS) is 10.5. The maximum absolute atomic E-state index is 6.15. The van der Waals surface area contributed by atoms with Gasteiger partial charge in [0.15, 0.2) is 11.6 Å². The molecule has 0 fully saturated rings. The van der Waals surface area contributed by atoms with E-state index < -0.39 is 0 Å². The predicted molar refractivity (Wildman–Crippen MR) is 94.9 cm³/mol. The standard InChI is InChI=1S/C18H14Cl2N2O/c19-15-7-4-8-16(20)14(15)11-23-17-9-13(10-22-18(17)21)12-5-2-1-3-6-12/h1-10H,11H2,(H2,21,22). The van der Waals surface area contributed by atoms with Crippen LogP contribution in [0.3, 0.4) is 0 Å². The fourth-order valence-corrected chi connectivity index (χ4v) is 2.69. The summed E-state index contributed by atoms with van der Waals surface area (Å²) in [6.45, 7) is 0.225. The molecule has 0 saturated heterocycles. The zero-order valence-electron chi connectivity index (χ0n) is 12.2. The van der Waals surface area contributed by atoms with Crippen molar-refractivity contribution in [1.82, 2.24) is 4.98 Å². The van der Waals surface area contributed by atoms with Gasteiger partial charge < -0.3 is 10.5 Å². The fraction of sp³-hybridized carbons (Fsp3) is 0.0556. The Morgan fingerprint density at radius 1 is 0.913 bits per heavy atom. The molecule has 0 atom stereocenters. The Kier molecular flexibility index (Phi) is 4.70. The highest BCUT2D eigenvalue weighted by atomic mass is 35.5. The zero-order chi connectivity index (χ0) is 16.2. The minimum absolute atomic E-state index is 0.225. The summed E-state index contributed by atoms with van der Waals surface area (Å²) in [6.07, 6.45) is 1.72. The molecule has 0 saturated carbocycles. The van der Waals surface area contributed by atoms with Gasteiger partial charge in [0.25, 0.3) is 0 Å². The number of anilines is 1. The Labute approximate surface area is 144 Å². The van der Waals surface area contributed by atoms with Gasteiger partial charge in [-0.3, -0.25) is 0 Å². The van der Waals surface area contributed by atoms with Gasteiger partial charge in [-0.25, -0.2) is 4.98 Å². The third-order valence-corrected chi connectivity index (χ3v) is 4.13. The van der Waals surface area contributed by atoms with Crippen molar-refractivity contribution >= 4 is 29.0 Å². The van der Waals surface area contributed by atoms with Crippen LogP contribution in [-0.4, -0.2) is 4.98 Å². The van der Waals surface area contributed by atoms with Crippen LogP contribution in [0.1, 0.15) is 5.56 Å². The molecule has 0 aliphatic rings. The smallest absolute Gasteiger partial charge is 0.166 e. The molecule has 0 radical (unpaired) electrons. The second-order valence-corrected chi connectivity index (χ2v) is 5.78. The highest BCUT2D eigenvalue weighted by Crippen LogP contribution is 2.30. The highest BCUT2D eigenvalue weighted by molar-refractivity contribution is 6.35. The van der Waals surface area contributed by atoms with Crippen LogP contribution in [0.4, 0.5) is 5.82 Å². The second kappa shape index (κ2) is 6.90. The molecular formula is C18H14Cl2N2O. The van der Waals surface area contributed by atoms with Crippen molar-refractivity contribution in [2.75, 3.05) is 5.73 Å². The van der Waals surface area contributed by atoms with Gasteiger partial charge in [-0.05, 0) is 23.8 Å². The molecule has 23 heavy (non-hydrogen) atoms. The van der Waals surface area contributed by atoms with E-state index in [0.717, 1.165) is 16.7 Å².